The summed E-state index contributed by atoms with van der Waals surface area (Å²) >= 11 is 1.85. The normalized spacial score (nSPS) is 15.7. The number of thiazole rings is 1. The highest BCUT2D eigenvalue weighted by atomic mass is 32.1. The molecule has 0 bridgehead atoms. The average Bonchev–Trinajstić information content (AvgIpc) is 2.89. The van der Waals surface area contributed by atoms with E-state index < -0.39 is 0 Å². The van der Waals surface area contributed by atoms with Crippen LogP contribution in [0.3, 0.4) is 0 Å². The fraction of sp³-hybridized carbons (Fsp3) is 0.438. The quantitative estimate of drug-likeness (QED) is 0.939. The topological polar surface area (TPSA) is 48.1 Å². The molecule has 1 aromatic carbocycles. The molecule has 1 heterocycles. The molecule has 1 unspecified atom stereocenters. The van der Waals surface area contributed by atoms with Crippen LogP contribution in [0.25, 0.3) is 0 Å². The maximum absolute atomic E-state index is 6.30. The van der Waals surface area contributed by atoms with Crippen LogP contribution in [0.15, 0.2) is 24.3 Å². The zero-order chi connectivity index (χ0) is 13.9. The first kappa shape index (κ1) is 13.6. The summed E-state index contributed by atoms with van der Waals surface area (Å²) in [4.78, 5) is 6.24. The highest BCUT2D eigenvalue weighted by Gasteiger charge is 2.17. The first-order valence-corrected chi connectivity index (χ1v) is 7.95. The first-order valence-electron chi connectivity index (χ1n) is 7.13. The second kappa shape index (κ2) is 5.94. The zero-order valence-corrected chi connectivity index (χ0v) is 12.6. The number of benzene rings is 1. The van der Waals surface area contributed by atoms with Crippen LogP contribution in [0.2, 0.25) is 0 Å². The van der Waals surface area contributed by atoms with Crippen molar-refractivity contribution in [3.05, 3.63) is 45.4 Å². The first-order chi connectivity index (χ1) is 9.76. The molecular formula is C16H20N2OS. The summed E-state index contributed by atoms with van der Waals surface area (Å²) in [5.74, 6) is 0.866. The smallest absolute Gasteiger partial charge is 0.118 e. The molecule has 3 nitrogen and oxygen atoms in total. The van der Waals surface area contributed by atoms with Gasteiger partial charge in [0.2, 0.25) is 0 Å². The minimum absolute atomic E-state index is 0.00788. The molecule has 0 radical (unpaired) electrons. The molecule has 1 atom stereocenters. The van der Waals surface area contributed by atoms with E-state index in [0.29, 0.717) is 0 Å². The van der Waals surface area contributed by atoms with Crippen molar-refractivity contribution < 1.29 is 4.74 Å². The largest absolute Gasteiger partial charge is 0.497 e. The van der Waals surface area contributed by atoms with Gasteiger partial charge < -0.3 is 10.5 Å². The number of rotatable bonds is 4. The Balaban J connectivity index is 1.71. The van der Waals surface area contributed by atoms with E-state index in [0.717, 1.165) is 24.2 Å². The predicted octanol–water partition coefficient (Wildman–Crippen LogP) is 3.27. The molecule has 0 spiro atoms. The van der Waals surface area contributed by atoms with Gasteiger partial charge in [0, 0.05) is 17.3 Å². The van der Waals surface area contributed by atoms with E-state index >= 15 is 0 Å². The molecule has 0 saturated carbocycles. The summed E-state index contributed by atoms with van der Waals surface area (Å²) in [6.45, 7) is 0. The summed E-state index contributed by atoms with van der Waals surface area (Å²) < 4.78 is 5.17. The number of fused-ring (bicyclic) bond motifs is 1. The van der Waals surface area contributed by atoms with Gasteiger partial charge in [0.1, 0.15) is 5.75 Å². The van der Waals surface area contributed by atoms with E-state index in [2.05, 4.69) is 0 Å². The van der Waals surface area contributed by atoms with E-state index in [-0.39, 0.29) is 6.04 Å². The third-order valence-electron chi connectivity index (χ3n) is 3.83. The monoisotopic (exact) mass is 288 g/mol. The summed E-state index contributed by atoms with van der Waals surface area (Å²) in [5.41, 5.74) is 8.76. The number of nitrogens with two attached hydrogens (primary N) is 1. The van der Waals surface area contributed by atoms with Crippen molar-refractivity contribution in [3.8, 4) is 5.75 Å². The molecule has 0 aliphatic heterocycles. The number of ether oxygens (including phenoxy) is 1. The van der Waals surface area contributed by atoms with E-state index in [4.69, 9.17) is 15.5 Å². The maximum atomic E-state index is 6.30. The number of hydrogen-bond acceptors (Lipinski definition) is 4. The highest BCUT2D eigenvalue weighted by Crippen LogP contribution is 2.29. The molecule has 0 amide bonds. The van der Waals surface area contributed by atoms with Crippen molar-refractivity contribution in [1.82, 2.24) is 4.98 Å². The Kier molecular flexibility index (Phi) is 4.03. The number of nitrogens with zero attached hydrogens (tertiary/aromatic N) is 1. The molecular weight excluding hydrogens is 268 g/mol. The summed E-state index contributed by atoms with van der Waals surface area (Å²) in [6, 6.07) is 8.01. The lowest BCUT2D eigenvalue weighted by Crippen LogP contribution is -2.13. The maximum Gasteiger partial charge on any atom is 0.118 e. The molecule has 2 aromatic rings. The van der Waals surface area contributed by atoms with E-state index in [1.807, 2.05) is 35.6 Å². The van der Waals surface area contributed by atoms with Gasteiger partial charge in [-0.1, -0.05) is 12.1 Å². The van der Waals surface area contributed by atoms with Crippen LogP contribution in [0.1, 0.15) is 40.0 Å². The summed E-state index contributed by atoms with van der Waals surface area (Å²) in [7, 11) is 1.68. The van der Waals surface area contributed by atoms with Gasteiger partial charge in [0.05, 0.1) is 17.8 Å². The van der Waals surface area contributed by atoms with E-state index in [9.17, 15) is 0 Å². The Hall–Kier alpha value is -1.39. The van der Waals surface area contributed by atoms with Gasteiger partial charge in [0.25, 0.3) is 0 Å². The van der Waals surface area contributed by atoms with Crippen molar-refractivity contribution in [2.75, 3.05) is 7.11 Å². The summed E-state index contributed by atoms with van der Waals surface area (Å²) in [5, 5.41) is 1.18. The van der Waals surface area contributed by atoms with Gasteiger partial charge in [0.15, 0.2) is 0 Å². The zero-order valence-electron chi connectivity index (χ0n) is 11.8. The van der Waals surface area contributed by atoms with Crippen molar-refractivity contribution in [2.45, 2.75) is 38.1 Å². The van der Waals surface area contributed by atoms with Crippen LogP contribution in [-0.4, -0.2) is 12.1 Å². The van der Waals surface area contributed by atoms with Gasteiger partial charge >= 0.3 is 0 Å². The Morgan fingerprint density at radius 3 is 2.70 bits per heavy atom. The predicted molar refractivity (Wildman–Crippen MR) is 82.4 cm³/mol. The SMILES string of the molecule is COc1ccc(C(N)Cc2nc3c(s2)CCCC3)cc1. The molecule has 2 N–H and O–H groups in total. The van der Waals surface area contributed by atoms with Gasteiger partial charge in [-0.05, 0) is 43.4 Å². The lowest BCUT2D eigenvalue weighted by atomic mass is 10.0. The molecule has 0 fully saturated rings. The lowest BCUT2D eigenvalue weighted by molar-refractivity contribution is 0.414. The number of aryl methyl sites for hydroxylation is 2. The van der Waals surface area contributed by atoms with Crippen molar-refractivity contribution in [3.63, 3.8) is 0 Å². The Bertz CT molecular complexity index is 553. The van der Waals surface area contributed by atoms with Crippen molar-refractivity contribution >= 4 is 11.3 Å². The van der Waals surface area contributed by atoms with Gasteiger partial charge in [-0.15, -0.1) is 11.3 Å². The fourth-order valence-electron chi connectivity index (χ4n) is 2.65. The second-order valence-electron chi connectivity index (χ2n) is 5.27. The van der Waals surface area contributed by atoms with E-state index in [1.54, 1.807) is 7.11 Å². The molecule has 3 rings (SSSR count). The average molecular weight is 288 g/mol. The Labute approximate surface area is 123 Å². The van der Waals surface area contributed by atoms with Gasteiger partial charge in [-0.25, -0.2) is 4.98 Å². The lowest BCUT2D eigenvalue weighted by Gasteiger charge is -2.10. The molecule has 4 heteroatoms. The number of methoxy groups -OCH3 is 1. The van der Waals surface area contributed by atoms with Crippen LogP contribution >= 0.6 is 11.3 Å². The van der Waals surface area contributed by atoms with Crippen molar-refractivity contribution in [1.29, 1.82) is 0 Å². The highest BCUT2D eigenvalue weighted by molar-refractivity contribution is 7.11. The number of aromatic nitrogens is 1. The standard InChI is InChI=1S/C16H20N2OS/c1-19-12-8-6-11(7-9-12)13(17)10-16-18-14-4-2-3-5-15(14)20-16/h6-9,13H,2-5,10,17H2,1H3. The molecule has 106 valence electrons. The molecule has 20 heavy (non-hydrogen) atoms. The fourth-order valence-corrected chi connectivity index (χ4v) is 3.86. The summed E-state index contributed by atoms with van der Waals surface area (Å²) in [6.07, 6.45) is 5.75. The van der Waals surface area contributed by atoms with Gasteiger partial charge in [-0.3, -0.25) is 0 Å². The molecule has 1 aromatic heterocycles. The van der Waals surface area contributed by atoms with Crippen LogP contribution in [0.5, 0.6) is 5.75 Å². The minimum atomic E-state index is 0.00788. The van der Waals surface area contributed by atoms with Crippen LogP contribution < -0.4 is 10.5 Å². The minimum Gasteiger partial charge on any atom is -0.497 e. The van der Waals surface area contributed by atoms with Crippen LogP contribution in [0, 0.1) is 0 Å². The molecule has 1 aliphatic rings. The molecule has 1 aliphatic carbocycles. The Morgan fingerprint density at radius 1 is 1.25 bits per heavy atom. The Morgan fingerprint density at radius 2 is 2.00 bits per heavy atom. The molecule has 0 saturated heterocycles. The van der Waals surface area contributed by atoms with Gasteiger partial charge in [-0.2, -0.15) is 0 Å². The third-order valence-corrected chi connectivity index (χ3v) is 5.01. The van der Waals surface area contributed by atoms with Crippen LogP contribution in [0.4, 0.5) is 0 Å². The second-order valence-corrected chi connectivity index (χ2v) is 6.44. The van der Waals surface area contributed by atoms with E-state index in [1.165, 1.54) is 34.8 Å². The van der Waals surface area contributed by atoms with Crippen LogP contribution in [-0.2, 0) is 19.3 Å². The third kappa shape index (κ3) is 2.86. The van der Waals surface area contributed by atoms with Crippen molar-refractivity contribution in [2.24, 2.45) is 5.73 Å². The number of hydrogen-bond donors (Lipinski definition) is 1.